The molecule has 3 aromatic rings. The molecule has 0 bridgehead atoms. The van der Waals surface area contributed by atoms with E-state index >= 15 is 0 Å². The van der Waals surface area contributed by atoms with Crippen LogP contribution >= 0.6 is 0 Å². The third kappa shape index (κ3) is 4.24. The Bertz CT molecular complexity index is 1010. The van der Waals surface area contributed by atoms with Crippen molar-refractivity contribution in [1.82, 2.24) is 4.90 Å². The van der Waals surface area contributed by atoms with Gasteiger partial charge in [0.1, 0.15) is 17.3 Å². The van der Waals surface area contributed by atoms with E-state index in [1.807, 2.05) is 18.2 Å². The van der Waals surface area contributed by atoms with E-state index in [1.54, 1.807) is 7.11 Å². The molecular weight excluding hydrogens is 391 g/mol. The summed E-state index contributed by atoms with van der Waals surface area (Å²) in [5, 5.41) is 0. The number of hydrogen-bond acceptors (Lipinski definition) is 3. The van der Waals surface area contributed by atoms with Crippen molar-refractivity contribution in [1.29, 1.82) is 0 Å². The highest BCUT2D eigenvalue weighted by Gasteiger charge is 2.30. The van der Waals surface area contributed by atoms with E-state index < -0.39 is 11.7 Å². The van der Waals surface area contributed by atoms with Crippen LogP contribution < -0.4 is 4.74 Å². The number of alkyl halides is 3. The lowest BCUT2D eigenvalue weighted by atomic mass is 10.0. The molecule has 6 heteroatoms. The average molecular weight is 415 g/mol. The SMILES string of the molecule is COc1ccc2c(c1)CCN(C(C)c1ccc(-c3ccc(C(F)(F)F)cc3)o1)CC2. The van der Waals surface area contributed by atoms with Crippen molar-refractivity contribution < 1.29 is 22.3 Å². The fraction of sp³-hybridized carbons (Fsp3) is 0.333. The maximum absolute atomic E-state index is 12.8. The summed E-state index contributed by atoms with van der Waals surface area (Å²) in [5.74, 6) is 2.27. The molecule has 158 valence electrons. The summed E-state index contributed by atoms with van der Waals surface area (Å²) in [7, 11) is 1.68. The van der Waals surface area contributed by atoms with Crippen LogP contribution in [0.15, 0.2) is 59.0 Å². The fourth-order valence-corrected chi connectivity index (χ4v) is 3.97. The number of halogens is 3. The molecule has 0 spiro atoms. The Morgan fingerprint density at radius 2 is 1.63 bits per heavy atom. The zero-order valence-electron chi connectivity index (χ0n) is 17.0. The van der Waals surface area contributed by atoms with E-state index in [2.05, 4.69) is 24.0 Å². The predicted molar refractivity (Wildman–Crippen MR) is 110 cm³/mol. The third-order valence-corrected chi connectivity index (χ3v) is 5.83. The molecule has 0 N–H and O–H groups in total. The molecule has 2 aromatic carbocycles. The minimum Gasteiger partial charge on any atom is -0.497 e. The minimum atomic E-state index is -4.34. The monoisotopic (exact) mass is 415 g/mol. The van der Waals surface area contributed by atoms with Crippen molar-refractivity contribution in [3.05, 3.63) is 77.0 Å². The highest BCUT2D eigenvalue weighted by molar-refractivity contribution is 5.58. The summed E-state index contributed by atoms with van der Waals surface area (Å²) in [5.41, 5.74) is 2.63. The van der Waals surface area contributed by atoms with Gasteiger partial charge in [-0.05, 0) is 67.3 Å². The van der Waals surface area contributed by atoms with E-state index in [1.165, 1.54) is 23.3 Å². The van der Waals surface area contributed by atoms with Crippen molar-refractivity contribution in [2.24, 2.45) is 0 Å². The number of fused-ring (bicyclic) bond motifs is 1. The van der Waals surface area contributed by atoms with Crippen LogP contribution in [0.1, 0.15) is 35.4 Å². The number of furan rings is 1. The summed E-state index contributed by atoms with van der Waals surface area (Å²) in [6.45, 7) is 3.92. The largest absolute Gasteiger partial charge is 0.497 e. The number of hydrogen-bond donors (Lipinski definition) is 0. The van der Waals surface area contributed by atoms with Crippen molar-refractivity contribution in [2.75, 3.05) is 20.2 Å². The van der Waals surface area contributed by atoms with Gasteiger partial charge in [-0.2, -0.15) is 13.2 Å². The van der Waals surface area contributed by atoms with Crippen molar-refractivity contribution in [3.8, 4) is 17.1 Å². The standard InChI is InChI=1S/C24H24F3NO2/c1-16(28-13-11-17-5-8-21(29-2)15-19(17)12-14-28)22-9-10-23(30-22)18-3-6-20(7-4-18)24(25,26)27/h3-10,15-16H,11-14H2,1-2H3. The van der Waals surface area contributed by atoms with Crippen molar-refractivity contribution >= 4 is 0 Å². The van der Waals surface area contributed by atoms with Gasteiger partial charge in [0.15, 0.2) is 0 Å². The van der Waals surface area contributed by atoms with E-state index in [-0.39, 0.29) is 6.04 Å². The lowest BCUT2D eigenvalue weighted by Crippen LogP contribution is -2.29. The molecule has 0 radical (unpaired) electrons. The number of benzene rings is 2. The second-order valence-electron chi connectivity index (χ2n) is 7.62. The first-order chi connectivity index (χ1) is 14.3. The van der Waals surface area contributed by atoms with Crippen LogP contribution in [0.3, 0.4) is 0 Å². The lowest BCUT2D eigenvalue weighted by molar-refractivity contribution is -0.137. The Kier molecular flexibility index (Phi) is 5.60. The van der Waals surface area contributed by atoms with Gasteiger partial charge in [-0.1, -0.05) is 18.2 Å². The molecular formula is C24H24F3NO2. The van der Waals surface area contributed by atoms with E-state index in [9.17, 15) is 13.2 Å². The molecule has 0 saturated carbocycles. The molecule has 1 atom stereocenters. The Hall–Kier alpha value is -2.73. The van der Waals surface area contributed by atoms with Crippen LogP contribution in [-0.4, -0.2) is 25.1 Å². The zero-order valence-corrected chi connectivity index (χ0v) is 17.0. The maximum Gasteiger partial charge on any atom is 0.416 e. The molecule has 1 unspecified atom stereocenters. The predicted octanol–water partition coefficient (Wildman–Crippen LogP) is 6.14. The van der Waals surface area contributed by atoms with Gasteiger partial charge >= 0.3 is 6.18 Å². The summed E-state index contributed by atoms with van der Waals surface area (Å²) >= 11 is 0. The molecule has 0 saturated heterocycles. The summed E-state index contributed by atoms with van der Waals surface area (Å²) in [4.78, 5) is 2.38. The summed E-state index contributed by atoms with van der Waals surface area (Å²) in [6.07, 6.45) is -2.45. The van der Waals surface area contributed by atoms with Gasteiger partial charge in [0.25, 0.3) is 0 Å². The van der Waals surface area contributed by atoms with Gasteiger partial charge in [0, 0.05) is 18.7 Å². The van der Waals surface area contributed by atoms with Crippen LogP contribution in [-0.2, 0) is 19.0 Å². The van der Waals surface area contributed by atoms with Gasteiger partial charge in [-0.25, -0.2) is 0 Å². The highest BCUT2D eigenvalue weighted by Crippen LogP contribution is 2.33. The molecule has 0 amide bonds. The van der Waals surface area contributed by atoms with Crippen molar-refractivity contribution in [3.63, 3.8) is 0 Å². The molecule has 1 aromatic heterocycles. The van der Waals surface area contributed by atoms with Gasteiger partial charge in [-0.15, -0.1) is 0 Å². The number of methoxy groups -OCH3 is 1. The summed E-state index contributed by atoms with van der Waals surface area (Å²) < 4.78 is 49.7. The molecule has 0 fully saturated rings. The zero-order chi connectivity index (χ0) is 21.3. The number of ether oxygens (including phenoxy) is 1. The summed E-state index contributed by atoms with van der Waals surface area (Å²) in [6, 6.07) is 15.1. The van der Waals surface area contributed by atoms with Crippen molar-refractivity contribution in [2.45, 2.75) is 32.0 Å². The molecule has 1 aliphatic rings. The molecule has 0 aliphatic carbocycles. The first-order valence-corrected chi connectivity index (χ1v) is 10.0. The van der Waals surface area contributed by atoms with Gasteiger partial charge < -0.3 is 9.15 Å². The van der Waals surface area contributed by atoms with E-state index in [0.717, 1.165) is 49.6 Å². The topological polar surface area (TPSA) is 25.6 Å². The Morgan fingerprint density at radius 3 is 2.30 bits per heavy atom. The Labute approximate surface area is 174 Å². The maximum atomic E-state index is 12.8. The smallest absolute Gasteiger partial charge is 0.416 e. The molecule has 30 heavy (non-hydrogen) atoms. The van der Waals surface area contributed by atoms with Gasteiger partial charge in [0.2, 0.25) is 0 Å². The quantitative estimate of drug-likeness (QED) is 0.512. The fourth-order valence-electron chi connectivity index (χ4n) is 3.97. The number of rotatable bonds is 4. The van der Waals surface area contributed by atoms with Gasteiger partial charge in [-0.3, -0.25) is 4.90 Å². The van der Waals surface area contributed by atoms with Crippen LogP contribution in [0.4, 0.5) is 13.2 Å². The first kappa shape index (κ1) is 20.5. The Balaban J connectivity index is 1.47. The van der Waals surface area contributed by atoms with E-state index in [0.29, 0.717) is 11.3 Å². The molecule has 1 aliphatic heterocycles. The Morgan fingerprint density at radius 1 is 0.933 bits per heavy atom. The average Bonchev–Trinajstić information content (AvgIpc) is 3.14. The minimum absolute atomic E-state index is 0.0735. The van der Waals surface area contributed by atoms with E-state index in [4.69, 9.17) is 9.15 Å². The normalized spacial score (nSPS) is 16.0. The molecule has 3 nitrogen and oxygen atoms in total. The molecule has 2 heterocycles. The number of nitrogens with zero attached hydrogens (tertiary/aromatic N) is 1. The third-order valence-electron chi connectivity index (χ3n) is 5.83. The lowest BCUT2D eigenvalue weighted by Gasteiger charge is -2.25. The van der Waals surface area contributed by atoms with Gasteiger partial charge in [0.05, 0.1) is 18.7 Å². The second kappa shape index (κ2) is 8.19. The van der Waals surface area contributed by atoms with Crippen LogP contribution in [0.25, 0.3) is 11.3 Å². The van der Waals surface area contributed by atoms with Crippen LogP contribution in [0, 0.1) is 0 Å². The highest BCUT2D eigenvalue weighted by atomic mass is 19.4. The molecule has 4 rings (SSSR count). The second-order valence-corrected chi connectivity index (χ2v) is 7.62. The van der Waals surface area contributed by atoms with Crippen LogP contribution in [0.2, 0.25) is 0 Å². The first-order valence-electron chi connectivity index (χ1n) is 10.0. The van der Waals surface area contributed by atoms with Crippen LogP contribution in [0.5, 0.6) is 5.75 Å².